The molecule has 114 valence electrons. The molecule has 1 amide bonds. The molecule has 0 aliphatic carbocycles. The second kappa shape index (κ2) is 6.93. The molecule has 0 bridgehead atoms. The Bertz CT molecular complexity index is 534. The molecule has 0 aromatic heterocycles. The Balaban J connectivity index is 1.97. The average molecular weight is 356 g/mol. The maximum Gasteiger partial charge on any atom is 0.308 e. The lowest BCUT2D eigenvalue weighted by Crippen LogP contribution is -2.47. The third-order valence-corrected chi connectivity index (χ3v) is 4.03. The van der Waals surface area contributed by atoms with Crippen LogP contribution in [0.15, 0.2) is 28.7 Å². The van der Waals surface area contributed by atoms with Crippen LogP contribution in [-0.2, 0) is 9.59 Å². The topological polar surface area (TPSA) is 66.8 Å². The summed E-state index contributed by atoms with van der Waals surface area (Å²) in [6.07, 6.45) is 0.707. The number of nitrogens with zero attached hydrogens (tertiary/aromatic N) is 1. The van der Waals surface area contributed by atoms with E-state index < -0.39 is 18.0 Å². The molecule has 2 unspecified atom stereocenters. The number of carbonyl (C=O) groups is 2. The SMILES string of the molecule is CC(Oc1cccc(Br)c1)C(=O)N1CCCC(C(=O)O)C1. The first-order valence-electron chi connectivity index (χ1n) is 6.91. The first kappa shape index (κ1) is 15.8. The Labute approximate surface area is 132 Å². The zero-order chi connectivity index (χ0) is 15.4. The highest BCUT2D eigenvalue weighted by molar-refractivity contribution is 9.10. The van der Waals surface area contributed by atoms with Gasteiger partial charge in [-0.3, -0.25) is 9.59 Å². The number of halogens is 1. The minimum absolute atomic E-state index is 0.166. The van der Waals surface area contributed by atoms with E-state index in [4.69, 9.17) is 9.84 Å². The summed E-state index contributed by atoms with van der Waals surface area (Å²) in [5, 5.41) is 9.07. The highest BCUT2D eigenvalue weighted by Crippen LogP contribution is 2.21. The van der Waals surface area contributed by atoms with Crippen molar-refractivity contribution in [3.63, 3.8) is 0 Å². The fraction of sp³-hybridized carbons (Fsp3) is 0.467. The van der Waals surface area contributed by atoms with Crippen molar-refractivity contribution in [1.82, 2.24) is 4.90 Å². The molecule has 21 heavy (non-hydrogen) atoms. The third kappa shape index (κ3) is 4.20. The summed E-state index contributed by atoms with van der Waals surface area (Å²) >= 11 is 3.35. The molecular weight excluding hydrogens is 338 g/mol. The normalized spacial score (nSPS) is 19.9. The molecule has 6 heteroatoms. The first-order chi connectivity index (χ1) is 9.97. The van der Waals surface area contributed by atoms with Crippen LogP contribution >= 0.6 is 15.9 Å². The van der Waals surface area contributed by atoms with Gasteiger partial charge in [0.05, 0.1) is 5.92 Å². The van der Waals surface area contributed by atoms with Gasteiger partial charge < -0.3 is 14.7 Å². The van der Waals surface area contributed by atoms with Crippen molar-refractivity contribution in [2.75, 3.05) is 13.1 Å². The summed E-state index contributed by atoms with van der Waals surface area (Å²) in [7, 11) is 0. The second-order valence-corrected chi connectivity index (χ2v) is 6.09. The number of hydrogen-bond donors (Lipinski definition) is 1. The van der Waals surface area contributed by atoms with E-state index in [1.807, 2.05) is 12.1 Å². The van der Waals surface area contributed by atoms with Gasteiger partial charge in [0.1, 0.15) is 5.75 Å². The third-order valence-electron chi connectivity index (χ3n) is 3.54. The van der Waals surface area contributed by atoms with E-state index in [-0.39, 0.29) is 12.5 Å². The molecule has 1 aromatic carbocycles. The van der Waals surface area contributed by atoms with E-state index in [2.05, 4.69) is 15.9 Å². The number of rotatable bonds is 4. The predicted octanol–water partition coefficient (Wildman–Crippen LogP) is 2.54. The number of benzene rings is 1. The molecule has 1 saturated heterocycles. The van der Waals surface area contributed by atoms with Gasteiger partial charge in [0.25, 0.3) is 5.91 Å². The molecule has 0 saturated carbocycles. The van der Waals surface area contributed by atoms with Gasteiger partial charge in [0.2, 0.25) is 0 Å². The van der Waals surface area contributed by atoms with E-state index in [1.54, 1.807) is 24.0 Å². The quantitative estimate of drug-likeness (QED) is 0.900. The maximum atomic E-state index is 12.4. The Kier molecular flexibility index (Phi) is 5.22. The summed E-state index contributed by atoms with van der Waals surface area (Å²) < 4.78 is 6.52. The largest absolute Gasteiger partial charge is 0.481 e. The molecule has 2 atom stereocenters. The molecule has 1 fully saturated rings. The molecule has 1 aliphatic rings. The standard InChI is InChI=1S/C15H18BrNO4/c1-10(21-13-6-2-5-12(16)8-13)14(18)17-7-3-4-11(9-17)15(19)20/h2,5-6,8,10-11H,3-4,7,9H2,1H3,(H,19,20). The summed E-state index contributed by atoms with van der Waals surface area (Å²) in [6.45, 7) is 2.54. The first-order valence-corrected chi connectivity index (χ1v) is 7.70. The molecule has 1 aromatic rings. The molecule has 5 nitrogen and oxygen atoms in total. The van der Waals surface area contributed by atoms with E-state index in [0.717, 1.165) is 4.47 Å². The lowest BCUT2D eigenvalue weighted by molar-refractivity contribution is -0.147. The van der Waals surface area contributed by atoms with Gasteiger partial charge in [0, 0.05) is 17.6 Å². The summed E-state index contributed by atoms with van der Waals surface area (Å²) in [4.78, 5) is 25.0. The van der Waals surface area contributed by atoms with Crippen molar-refractivity contribution in [3.8, 4) is 5.75 Å². The second-order valence-electron chi connectivity index (χ2n) is 5.18. The summed E-state index contributed by atoms with van der Waals surface area (Å²) in [5.74, 6) is -0.869. The van der Waals surface area contributed by atoms with E-state index >= 15 is 0 Å². The van der Waals surface area contributed by atoms with Crippen molar-refractivity contribution in [3.05, 3.63) is 28.7 Å². The molecule has 0 spiro atoms. The van der Waals surface area contributed by atoms with Gasteiger partial charge in [0.15, 0.2) is 6.10 Å². The number of carboxylic acid groups (broad SMARTS) is 1. The highest BCUT2D eigenvalue weighted by Gasteiger charge is 2.30. The number of amides is 1. The van der Waals surface area contributed by atoms with E-state index in [9.17, 15) is 9.59 Å². The summed E-state index contributed by atoms with van der Waals surface area (Å²) in [6, 6.07) is 7.28. The van der Waals surface area contributed by atoms with Crippen molar-refractivity contribution in [2.24, 2.45) is 5.92 Å². The molecule has 1 N–H and O–H groups in total. The van der Waals surface area contributed by atoms with Gasteiger partial charge >= 0.3 is 5.97 Å². The molecular formula is C15H18BrNO4. The van der Waals surface area contributed by atoms with Crippen LogP contribution in [0.25, 0.3) is 0 Å². The molecule has 1 aliphatic heterocycles. The van der Waals surface area contributed by atoms with Gasteiger partial charge in [-0.1, -0.05) is 22.0 Å². The Hall–Kier alpha value is -1.56. The molecule has 2 rings (SSSR count). The fourth-order valence-corrected chi connectivity index (χ4v) is 2.81. The number of aliphatic carboxylic acids is 1. The lowest BCUT2D eigenvalue weighted by atomic mass is 9.98. The van der Waals surface area contributed by atoms with Crippen LogP contribution in [-0.4, -0.2) is 41.1 Å². The minimum Gasteiger partial charge on any atom is -0.481 e. The Morgan fingerprint density at radius 2 is 2.24 bits per heavy atom. The van der Waals surface area contributed by atoms with Crippen LogP contribution < -0.4 is 4.74 Å². The van der Waals surface area contributed by atoms with Crippen molar-refractivity contribution < 1.29 is 19.4 Å². The number of carbonyl (C=O) groups excluding carboxylic acids is 1. The average Bonchev–Trinajstić information content (AvgIpc) is 2.46. The zero-order valence-corrected chi connectivity index (χ0v) is 13.4. The predicted molar refractivity (Wildman–Crippen MR) is 81.2 cm³/mol. The van der Waals surface area contributed by atoms with Crippen molar-refractivity contribution in [1.29, 1.82) is 0 Å². The van der Waals surface area contributed by atoms with Crippen molar-refractivity contribution >= 4 is 27.8 Å². The monoisotopic (exact) mass is 355 g/mol. The fourth-order valence-electron chi connectivity index (χ4n) is 2.43. The van der Waals surface area contributed by atoms with Crippen LogP contribution in [0.4, 0.5) is 0 Å². The smallest absolute Gasteiger partial charge is 0.308 e. The number of carboxylic acids is 1. The van der Waals surface area contributed by atoms with Crippen LogP contribution in [0.2, 0.25) is 0 Å². The van der Waals surface area contributed by atoms with E-state index in [0.29, 0.717) is 25.1 Å². The lowest BCUT2D eigenvalue weighted by Gasteiger charge is -2.32. The number of hydrogen-bond acceptors (Lipinski definition) is 3. The molecule has 1 heterocycles. The minimum atomic E-state index is -0.840. The molecule has 0 radical (unpaired) electrons. The van der Waals surface area contributed by atoms with Crippen LogP contribution in [0.1, 0.15) is 19.8 Å². The van der Waals surface area contributed by atoms with Gasteiger partial charge in [-0.25, -0.2) is 0 Å². The Morgan fingerprint density at radius 3 is 2.90 bits per heavy atom. The van der Waals surface area contributed by atoms with Crippen LogP contribution in [0, 0.1) is 5.92 Å². The van der Waals surface area contributed by atoms with Gasteiger partial charge in [-0.15, -0.1) is 0 Å². The van der Waals surface area contributed by atoms with E-state index in [1.165, 1.54) is 0 Å². The number of ether oxygens (including phenoxy) is 1. The maximum absolute atomic E-state index is 12.4. The Morgan fingerprint density at radius 1 is 1.48 bits per heavy atom. The van der Waals surface area contributed by atoms with Crippen molar-refractivity contribution in [2.45, 2.75) is 25.9 Å². The van der Waals surface area contributed by atoms with Gasteiger partial charge in [-0.2, -0.15) is 0 Å². The zero-order valence-electron chi connectivity index (χ0n) is 11.8. The highest BCUT2D eigenvalue weighted by atomic mass is 79.9. The number of likely N-dealkylation sites (tertiary alicyclic amines) is 1. The van der Waals surface area contributed by atoms with Crippen LogP contribution in [0.3, 0.4) is 0 Å². The summed E-state index contributed by atoms with van der Waals surface area (Å²) in [5.41, 5.74) is 0. The number of piperidine rings is 1. The van der Waals surface area contributed by atoms with Crippen LogP contribution in [0.5, 0.6) is 5.75 Å². The van der Waals surface area contributed by atoms with Gasteiger partial charge in [-0.05, 0) is 38.0 Å².